The molecule has 3 rings (SSSR count). The zero-order chi connectivity index (χ0) is 20.1. The molecule has 28 heavy (non-hydrogen) atoms. The molecule has 2 nitrogen and oxygen atoms in total. The summed E-state index contributed by atoms with van der Waals surface area (Å²) in [7, 11) is 0. The molecule has 0 bridgehead atoms. The third kappa shape index (κ3) is 5.10. The fraction of sp³-hybridized carbons (Fsp3) is 0.136. The molecular formula is C22H19F3N2S. The lowest BCUT2D eigenvalue weighted by atomic mass is 9.98. The summed E-state index contributed by atoms with van der Waals surface area (Å²) in [6.07, 6.45) is -4.36. The molecule has 0 aliphatic carbocycles. The van der Waals surface area contributed by atoms with Gasteiger partial charge in [0.05, 0.1) is 11.6 Å². The topological polar surface area (TPSA) is 24.1 Å². The molecule has 1 unspecified atom stereocenters. The van der Waals surface area contributed by atoms with Gasteiger partial charge in [0, 0.05) is 5.69 Å². The Kier molecular flexibility index (Phi) is 5.99. The number of hydrogen-bond acceptors (Lipinski definition) is 1. The summed E-state index contributed by atoms with van der Waals surface area (Å²) < 4.78 is 38.1. The van der Waals surface area contributed by atoms with Crippen LogP contribution in [0, 0.1) is 6.92 Å². The fourth-order valence-corrected chi connectivity index (χ4v) is 3.04. The smallest absolute Gasteiger partial charge is 0.352 e. The molecule has 0 spiro atoms. The second-order valence-electron chi connectivity index (χ2n) is 6.43. The first kappa shape index (κ1) is 19.9. The van der Waals surface area contributed by atoms with Crippen molar-refractivity contribution in [3.8, 4) is 0 Å². The predicted octanol–water partition coefficient (Wildman–Crippen LogP) is 6.09. The SMILES string of the molecule is Cc1ccc(C(NC(=S)Nc2ccc(C(F)(F)F)cc2)c2ccccc2)cc1. The van der Waals surface area contributed by atoms with Crippen LogP contribution in [-0.2, 0) is 6.18 Å². The number of anilines is 1. The number of halogens is 3. The van der Waals surface area contributed by atoms with E-state index in [1.54, 1.807) is 0 Å². The molecule has 0 aromatic heterocycles. The van der Waals surface area contributed by atoms with E-state index >= 15 is 0 Å². The van der Waals surface area contributed by atoms with Gasteiger partial charge in [-0.15, -0.1) is 0 Å². The van der Waals surface area contributed by atoms with Gasteiger partial charge in [-0.3, -0.25) is 0 Å². The Morgan fingerprint density at radius 2 is 1.39 bits per heavy atom. The monoisotopic (exact) mass is 400 g/mol. The molecule has 0 fully saturated rings. The van der Waals surface area contributed by atoms with Gasteiger partial charge in [-0.05, 0) is 54.5 Å². The standard InChI is InChI=1S/C22H19F3N2S/c1-15-7-9-17(10-8-15)20(16-5-3-2-4-6-16)27-21(28)26-19-13-11-18(12-14-19)22(23,24)25/h2-14,20H,1H3,(H2,26,27,28). The Morgan fingerprint density at radius 3 is 1.96 bits per heavy atom. The lowest BCUT2D eigenvalue weighted by molar-refractivity contribution is -0.137. The van der Waals surface area contributed by atoms with Gasteiger partial charge in [-0.2, -0.15) is 13.2 Å². The van der Waals surface area contributed by atoms with E-state index in [2.05, 4.69) is 10.6 Å². The predicted molar refractivity (Wildman–Crippen MR) is 110 cm³/mol. The number of benzene rings is 3. The maximum Gasteiger partial charge on any atom is 0.416 e. The highest BCUT2D eigenvalue weighted by atomic mass is 32.1. The van der Waals surface area contributed by atoms with Gasteiger partial charge in [-0.1, -0.05) is 60.2 Å². The molecule has 0 aliphatic heterocycles. The van der Waals surface area contributed by atoms with Crippen LogP contribution in [0.5, 0.6) is 0 Å². The highest BCUT2D eigenvalue weighted by molar-refractivity contribution is 7.80. The Bertz CT molecular complexity index is 921. The number of nitrogens with one attached hydrogen (secondary N) is 2. The Hall–Kier alpha value is -2.86. The average molecular weight is 400 g/mol. The summed E-state index contributed by atoms with van der Waals surface area (Å²) in [6.45, 7) is 2.02. The van der Waals surface area contributed by atoms with Crippen molar-refractivity contribution in [1.29, 1.82) is 0 Å². The van der Waals surface area contributed by atoms with Crippen molar-refractivity contribution in [3.63, 3.8) is 0 Å². The van der Waals surface area contributed by atoms with Crippen LogP contribution in [0.2, 0.25) is 0 Å². The van der Waals surface area contributed by atoms with Crippen molar-refractivity contribution >= 4 is 23.0 Å². The molecule has 6 heteroatoms. The van der Waals surface area contributed by atoms with Gasteiger partial charge in [0.15, 0.2) is 5.11 Å². The van der Waals surface area contributed by atoms with Crippen molar-refractivity contribution in [1.82, 2.24) is 5.32 Å². The minimum Gasteiger partial charge on any atom is -0.352 e. The van der Waals surface area contributed by atoms with E-state index in [-0.39, 0.29) is 6.04 Å². The zero-order valence-corrected chi connectivity index (χ0v) is 15.9. The van der Waals surface area contributed by atoms with E-state index in [1.165, 1.54) is 12.1 Å². The van der Waals surface area contributed by atoms with Gasteiger partial charge < -0.3 is 10.6 Å². The number of thiocarbonyl (C=S) groups is 1. The lowest BCUT2D eigenvalue weighted by Gasteiger charge is -2.22. The van der Waals surface area contributed by atoms with Crippen LogP contribution in [-0.4, -0.2) is 5.11 Å². The van der Waals surface area contributed by atoms with Crippen LogP contribution in [0.25, 0.3) is 0 Å². The Morgan fingerprint density at radius 1 is 0.821 bits per heavy atom. The number of hydrogen-bond donors (Lipinski definition) is 2. The number of aryl methyl sites for hydroxylation is 1. The molecule has 3 aromatic rings. The molecule has 0 radical (unpaired) electrons. The highest BCUT2D eigenvalue weighted by Crippen LogP contribution is 2.30. The first-order chi connectivity index (χ1) is 13.3. The van der Waals surface area contributed by atoms with Crippen molar-refractivity contribution in [2.75, 3.05) is 5.32 Å². The van der Waals surface area contributed by atoms with E-state index < -0.39 is 11.7 Å². The number of alkyl halides is 3. The van der Waals surface area contributed by atoms with Crippen molar-refractivity contribution < 1.29 is 13.2 Å². The minimum absolute atomic E-state index is 0.184. The summed E-state index contributed by atoms with van der Waals surface area (Å²) in [5, 5.41) is 6.54. The van der Waals surface area contributed by atoms with Gasteiger partial charge in [0.2, 0.25) is 0 Å². The largest absolute Gasteiger partial charge is 0.416 e. The molecule has 2 N–H and O–H groups in total. The van der Waals surface area contributed by atoms with Crippen LogP contribution in [0.4, 0.5) is 18.9 Å². The summed E-state index contributed by atoms with van der Waals surface area (Å²) >= 11 is 5.40. The maximum atomic E-state index is 12.7. The van der Waals surface area contributed by atoms with Gasteiger partial charge >= 0.3 is 6.18 Å². The number of rotatable bonds is 4. The van der Waals surface area contributed by atoms with Crippen LogP contribution >= 0.6 is 12.2 Å². The molecule has 0 heterocycles. The Balaban J connectivity index is 1.77. The lowest BCUT2D eigenvalue weighted by Crippen LogP contribution is -2.33. The van der Waals surface area contributed by atoms with E-state index in [1.807, 2.05) is 61.5 Å². The van der Waals surface area contributed by atoms with E-state index in [0.29, 0.717) is 10.8 Å². The van der Waals surface area contributed by atoms with Crippen LogP contribution in [0.15, 0.2) is 78.9 Å². The van der Waals surface area contributed by atoms with Crippen molar-refractivity contribution in [2.24, 2.45) is 0 Å². The molecule has 0 saturated heterocycles. The highest BCUT2D eigenvalue weighted by Gasteiger charge is 2.30. The molecule has 1 atom stereocenters. The van der Waals surface area contributed by atoms with Gasteiger partial charge in [0.25, 0.3) is 0 Å². The van der Waals surface area contributed by atoms with Crippen LogP contribution in [0.1, 0.15) is 28.3 Å². The first-order valence-corrected chi connectivity index (χ1v) is 9.10. The summed E-state index contributed by atoms with van der Waals surface area (Å²) in [5.74, 6) is 0. The van der Waals surface area contributed by atoms with E-state index in [0.717, 1.165) is 28.8 Å². The normalized spacial score (nSPS) is 12.3. The minimum atomic E-state index is -4.36. The quantitative estimate of drug-likeness (QED) is 0.518. The fourth-order valence-electron chi connectivity index (χ4n) is 2.80. The maximum absolute atomic E-state index is 12.7. The third-order valence-electron chi connectivity index (χ3n) is 4.29. The molecule has 3 aromatic carbocycles. The summed E-state index contributed by atoms with van der Waals surface area (Å²) in [5.41, 5.74) is 3.01. The third-order valence-corrected chi connectivity index (χ3v) is 4.51. The second-order valence-corrected chi connectivity index (χ2v) is 6.84. The average Bonchev–Trinajstić information content (AvgIpc) is 2.67. The zero-order valence-electron chi connectivity index (χ0n) is 15.1. The van der Waals surface area contributed by atoms with Crippen LogP contribution < -0.4 is 10.6 Å². The second kappa shape index (κ2) is 8.44. The molecular weight excluding hydrogens is 381 g/mol. The Labute approximate surface area is 167 Å². The molecule has 0 amide bonds. The first-order valence-electron chi connectivity index (χ1n) is 8.69. The van der Waals surface area contributed by atoms with Gasteiger partial charge in [0.1, 0.15) is 0 Å². The molecule has 144 valence electrons. The molecule has 0 aliphatic rings. The summed E-state index contributed by atoms with van der Waals surface area (Å²) in [4.78, 5) is 0. The van der Waals surface area contributed by atoms with E-state index in [9.17, 15) is 13.2 Å². The summed E-state index contributed by atoms with van der Waals surface area (Å²) in [6, 6.07) is 22.5. The van der Waals surface area contributed by atoms with Crippen molar-refractivity contribution in [3.05, 3.63) is 101 Å². The van der Waals surface area contributed by atoms with E-state index in [4.69, 9.17) is 12.2 Å². The molecule has 0 saturated carbocycles. The van der Waals surface area contributed by atoms with Gasteiger partial charge in [-0.25, -0.2) is 0 Å². The van der Waals surface area contributed by atoms with Crippen LogP contribution in [0.3, 0.4) is 0 Å². The van der Waals surface area contributed by atoms with Crippen molar-refractivity contribution in [2.45, 2.75) is 19.1 Å².